The molecule has 1 unspecified atom stereocenters. The second-order valence-electron chi connectivity index (χ2n) is 3.63. The molecular formula is C11H17BO3. The van der Waals surface area contributed by atoms with Crippen LogP contribution in [0.2, 0.25) is 0 Å². The zero-order chi connectivity index (χ0) is 11.3. The van der Waals surface area contributed by atoms with Gasteiger partial charge in [0.2, 0.25) is 0 Å². The molecule has 3 nitrogen and oxygen atoms in total. The lowest BCUT2D eigenvalue weighted by Gasteiger charge is -2.16. The van der Waals surface area contributed by atoms with E-state index in [0.717, 1.165) is 12.8 Å². The maximum atomic E-state index is 9.12. The normalized spacial score (nSPS) is 12.3. The predicted molar refractivity (Wildman–Crippen MR) is 61.3 cm³/mol. The molecule has 0 aliphatic heterocycles. The zero-order valence-corrected chi connectivity index (χ0v) is 9.18. The third-order valence-corrected chi connectivity index (χ3v) is 2.22. The number of rotatable bonds is 5. The third kappa shape index (κ3) is 3.57. The van der Waals surface area contributed by atoms with Crippen LogP contribution in [0.25, 0.3) is 0 Å². The molecule has 4 heteroatoms. The smallest absolute Gasteiger partial charge is 0.491 e. The van der Waals surface area contributed by atoms with Gasteiger partial charge >= 0.3 is 7.12 Å². The Morgan fingerprint density at radius 3 is 2.60 bits per heavy atom. The maximum Gasteiger partial charge on any atom is 0.492 e. The van der Waals surface area contributed by atoms with E-state index in [9.17, 15) is 0 Å². The van der Waals surface area contributed by atoms with Gasteiger partial charge in [0.25, 0.3) is 0 Å². The average Bonchev–Trinajstić information content (AvgIpc) is 2.18. The third-order valence-electron chi connectivity index (χ3n) is 2.22. The van der Waals surface area contributed by atoms with E-state index in [1.165, 1.54) is 0 Å². The molecule has 1 aromatic carbocycles. The molecular weight excluding hydrogens is 191 g/mol. The van der Waals surface area contributed by atoms with Crippen molar-refractivity contribution in [3.63, 3.8) is 0 Å². The summed E-state index contributed by atoms with van der Waals surface area (Å²) in [4.78, 5) is 0. The maximum absolute atomic E-state index is 9.12. The summed E-state index contributed by atoms with van der Waals surface area (Å²) in [6.07, 6.45) is 2.09. The number of hydrogen-bond donors (Lipinski definition) is 2. The van der Waals surface area contributed by atoms with E-state index >= 15 is 0 Å². The molecule has 0 amide bonds. The van der Waals surface area contributed by atoms with Crippen molar-refractivity contribution in [3.8, 4) is 5.75 Å². The fraction of sp³-hybridized carbons (Fsp3) is 0.455. The minimum Gasteiger partial charge on any atom is -0.491 e. The molecule has 1 aromatic rings. The molecule has 15 heavy (non-hydrogen) atoms. The van der Waals surface area contributed by atoms with E-state index in [-0.39, 0.29) is 6.10 Å². The number of ether oxygens (including phenoxy) is 1. The first-order chi connectivity index (χ1) is 7.15. The minimum absolute atomic E-state index is 0.0925. The summed E-state index contributed by atoms with van der Waals surface area (Å²) in [6, 6.07) is 6.98. The van der Waals surface area contributed by atoms with Gasteiger partial charge in [0, 0.05) is 5.46 Å². The zero-order valence-electron chi connectivity index (χ0n) is 9.18. The van der Waals surface area contributed by atoms with Crippen molar-refractivity contribution in [2.45, 2.75) is 32.8 Å². The lowest BCUT2D eigenvalue weighted by molar-refractivity contribution is 0.211. The van der Waals surface area contributed by atoms with Crippen molar-refractivity contribution in [1.29, 1.82) is 0 Å². The highest BCUT2D eigenvalue weighted by atomic mass is 16.5. The van der Waals surface area contributed by atoms with E-state index in [2.05, 4.69) is 6.92 Å². The van der Waals surface area contributed by atoms with E-state index in [4.69, 9.17) is 14.8 Å². The van der Waals surface area contributed by atoms with Crippen molar-refractivity contribution in [1.82, 2.24) is 0 Å². The Morgan fingerprint density at radius 2 is 2.00 bits per heavy atom. The summed E-state index contributed by atoms with van der Waals surface area (Å²) in [5.41, 5.74) is 0.417. The van der Waals surface area contributed by atoms with Crippen LogP contribution in [-0.2, 0) is 0 Å². The molecule has 0 aliphatic carbocycles. The molecule has 0 aliphatic rings. The lowest BCUT2D eigenvalue weighted by atomic mass is 9.79. The summed E-state index contributed by atoms with van der Waals surface area (Å²) >= 11 is 0. The number of hydrogen-bond acceptors (Lipinski definition) is 3. The Labute approximate surface area is 90.9 Å². The molecule has 0 saturated carbocycles. The van der Waals surface area contributed by atoms with Gasteiger partial charge in [0.1, 0.15) is 5.75 Å². The highest BCUT2D eigenvalue weighted by Gasteiger charge is 2.17. The summed E-state index contributed by atoms with van der Waals surface area (Å²) in [5, 5.41) is 18.2. The standard InChI is InChI=1S/C11H17BO3/c1-3-6-9(2)15-11-8-5-4-7-10(11)12(13)14/h4-5,7-9,13-14H,3,6H2,1-2H3. The topological polar surface area (TPSA) is 49.7 Å². The van der Waals surface area contributed by atoms with Crippen molar-refractivity contribution in [2.24, 2.45) is 0 Å². The molecule has 0 saturated heterocycles. The van der Waals surface area contributed by atoms with Crippen LogP contribution in [0.15, 0.2) is 24.3 Å². The summed E-state index contributed by atoms with van der Waals surface area (Å²) in [5.74, 6) is 0.549. The second-order valence-corrected chi connectivity index (χ2v) is 3.63. The molecule has 82 valence electrons. The molecule has 0 aromatic heterocycles. The Morgan fingerprint density at radius 1 is 1.33 bits per heavy atom. The number of benzene rings is 1. The largest absolute Gasteiger partial charge is 0.492 e. The van der Waals surface area contributed by atoms with Crippen LogP contribution in [-0.4, -0.2) is 23.3 Å². The SMILES string of the molecule is CCCC(C)Oc1ccccc1B(O)O. The highest BCUT2D eigenvalue weighted by Crippen LogP contribution is 2.11. The summed E-state index contributed by atoms with van der Waals surface area (Å²) in [7, 11) is -1.48. The van der Waals surface area contributed by atoms with Crippen molar-refractivity contribution < 1.29 is 14.8 Å². The number of para-hydroxylation sites is 1. The molecule has 0 bridgehead atoms. The Kier molecular flexibility index (Phi) is 4.65. The van der Waals surface area contributed by atoms with Gasteiger partial charge in [0.05, 0.1) is 6.10 Å². The highest BCUT2D eigenvalue weighted by molar-refractivity contribution is 6.59. The van der Waals surface area contributed by atoms with Crippen LogP contribution in [0, 0.1) is 0 Å². The molecule has 2 N–H and O–H groups in total. The minimum atomic E-state index is -1.48. The van der Waals surface area contributed by atoms with Gasteiger partial charge in [-0.3, -0.25) is 0 Å². The molecule has 1 rings (SSSR count). The van der Waals surface area contributed by atoms with Gasteiger partial charge in [-0.05, 0) is 19.4 Å². The molecule has 0 heterocycles. The molecule has 0 spiro atoms. The lowest BCUT2D eigenvalue weighted by Crippen LogP contribution is -2.32. The van der Waals surface area contributed by atoms with E-state index < -0.39 is 7.12 Å². The van der Waals surface area contributed by atoms with E-state index in [1.54, 1.807) is 18.2 Å². The Balaban J connectivity index is 2.75. The Hall–Kier alpha value is -0.995. The first-order valence-electron chi connectivity index (χ1n) is 5.26. The van der Waals surface area contributed by atoms with Gasteiger partial charge in [-0.15, -0.1) is 0 Å². The molecule has 0 radical (unpaired) electrons. The van der Waals surface area contributed by atoms with Gasteiger partial charge in [-0.1, -0.05) is 31.5 Å². The molecule has 0 fully saturated rings. The van der Waals surface area contributed by atoms with Crippen LogP contribution in [0.3, 0.4) is 0 Å². The first kappa shape index (κ1) is 12.1. The van der Waals surface area contributed by atoms with Crippen LogP contribution < -0.4 is 10.2 Å². The van der Waals surface area contributed by atoms with E-state index in [1.807, 2.05) is 13.0 Å². The van der Waals surface area contributed by atoms with Gasteiger partial charge in [-0.2, -0.15) is 0 Å². The van der Waals surface area contributed by atoms with Crippen LogP contribution in [0.5, 0.6) is 5.75 Å². The second kappa shape index (κ2) is 5.78. The predicted octanol–water partition coefficient (Wildman–Crippen LogP) is 0.934. The van der Waals surface area contributed by atoms with Crippen LogP contribution in [0.4, 0.5) is 0 Å². The van der Waals surface area contributed by atoms with Crippen molar-refractivity contribution in [3.05, 3.63) is 24.3 Å². The first-order valence-corrected chi connectivity index (χ1v) is 5.26. The van der Waals surface area contributed by atoms with Gasteiger partial charge in [0.15, 0.2) is 0 Å². The van der Waals surface area contributed by atoms with Crippen molar-refractivity contribution >= 4 is 12.6 Å². The van der Waals surface area contributed by atoms with Crippen molar-refractivity contribution in [2.75, 3.05) is 0 Å². The molecule has 1 atom stereocenters. The summed E-state index contributed by atoms with van der Waals surface area (Å²) < 4.78 is 5.63. The Bertz CT molecular complexity index is 302. The van der Waals surface area contributed by atoms with Gasteiger partial charge < -0.3 is 14.8 Å². The average molecular weight is 208 g/mol. The van der Waals surface area contributed by atoms with Gasteiger partial charge in [-0.25, -0.2) is 0 Å². The fourth-order valence-corrected chi connectivity index (χ4v) is 1.48. The summed E-state index contributed by atoms with van der Waals surface area (Å²) in [6.45, 7) is 4.07. The monoisotopic (exact) mass is 208 g/mol. The quantitative estimate of drug-likeness (QED) is 0.707. The van der Waals surface area contributed by atoms with Crippen LogP contribution >= 0.6 is 0 Å². The van der Waals surface area contributed by atoms with E-state index in [0.29, 0.717) is 11.2 Å². The van der Waals surface area contributed by atoms with Crippen LogP contribution in [0.1, 0.15) is 26.7 Å². The fourth-order valence-electron chi connectivity index (χ4n) is 1.48.